The fourth-order valence-corrected chi connectivity index (χ4v) is 2.25. The van der Waals surface area contributed by atoms with Crippen LogP contribution in [0.5, 0.6) is 0 Å². The highest BCUT2D eigenvalue weighted by atomic mass is 127. The van der Waals surface area contributed by atoms with Gasteiger partial charge in [-0.25, -0.2) is 0 Å². The number of nitrogens with one attached hydrogen (secondary N) is 1. The Bertz CT molecular complexity index is 436. The summed E-state index contributed by atoms with van der Waals surface area (Å²) in [5.41, 5.74) is 2.56. The quantitative estimate of drug-likeness (QED) is 0.838. The van der Waals surface area contributed by atoms with E-state index in [1.807, 2.05) is 12.3 Å². The number of halogens is 1. The minimum Gasteiger partial charge on any atom is -0.472 e. The molecule has 0 aliphatic heterocycles. The van der Waals surface area contributed by atoms with Gasteiger partial charge in [-0.3, -0.25) is 0 Å². The van der Waals surface area contributed by atoms with Gasteiger partial charge in [0.1, 0.15) is 0 Å². The first-order valence-electron chi connectivity index (χ1n) is 5.79. The normalized spacial score (nSPS) is 12.6. The summed E-state index contributed by atoms with van der Waals surface area (Å²) in [6.45, 7) is 3.10. The van der Waals surface area contributed by atoms with Crippen molar-refractivity contribution in [3.05, 3.63) is 57.6 Å². The van der Waals surface area contributed by atoms with Gasteiger partial charge in [-0.1, -0.05) is 19.1 Å². The molecule has 0 spiro atoms. The molecule has 2 nitrogen and oxygen atoms in total. The molecule has 0 fully saturated rings. The predicted octanol–water partition coefficient (Wildman–Crippen LogP) is 3.78. The Morgan fingerprint density at radius 2 is 2.00 bits per heavy atom. The van der Waals surface area contributed by atoms with Gasteiger partial charge >= 0.3 is 0 Å². The molecule has 17 heavy (non-hydrogen) atoms. The Morgan fingerprint density at radius 3 is 2.59 bits per heavy atom. The van der Waals surface area contributed by atoms with Crippen LogP contribution in [0.3, 0.4) is 0 Å². The van der Waals surface area contributed by atoms with E-state index in [4.69, 9.17) is 4.42 Å². The molecular formula is C14H16INO. The summed E-state index contributed by atoms with van der Waals surface area (Å²) >= 11 is 2.33. The van der Waals surface area contributed by atoms with Gasteiger partial charge in [0.05, 0.1) is 12.5 Å². The molecule has 1 unspecified atom stereocenters. The van der Waals surface area contributed by atoms with Crippen molar-refractivity contribution in [1.29, 1.82) is 0 Å². The molecule has 1 aromatic heterocycles. The van der Waals surface area contributed by atoms with E-state index in [2.05, 4.69) is 59.1 Å². The molecular weight excluding hydrogens is 325 g/mol. The van der Waals surface area contributed by atoms with Gasteiger partial charge in [-0.15, -0.1) is 0 Å². The van der Waals surface area contributed by atoms with Gasteiger partial charge in [0.25, 0.3) is 0 Å². The maximum absolute atomic E-state index is 5.12. The second-order valence-corrected chi connectivity index (χ2v) is 5.24. The smallest absolute Gasteiger partial charge is 0.0935 e. The molecule has 90 valence electrons. The molecule has 0 bridgehead atoms. The Kier molecular flexibility index (Phi) is 4.62. The van der Waals surface area contributed by atoms with Crippen LogP contribution in [-0.2, 0) is 6.42 Å². The van der Waals surface area contributed by atoms with Crippen molar-refractivity contribution < 1.29 is 4.42 Å². The zero-order chi connectivity index (χ0) is 12.1. The van der Waals surface area contributed by atoms with Gasteiger partial charge in [-0.05, 0) is 64.9 Å². The first kappa shape index (κ1) is 12.6. The average molecular weight is 341 g/mol. The standard InChI is InChI=1S/C14H16INO/c1-2-16-14(9-11-7-8-17-10-11)12-3-5-13(15)6-4-12/h3-8,10,14,16H,2,9H2,1H3. The number of rotatable bonds is 5. The molecule has 0 saturated carbocycles. The van der Waals surface area contributed by atoms with Gasteiger partial charge in [0.2, 0.25) is 0 Å². The van der Waals surface area contributed by atoms with Crippen molar-refractivity contribution in [2.45, 2.75) is 19.4 Å². The molecule has 0 saturated heterocycles. The van der Waals surface area contributed by atoms with Crippen LogP contribution in [-0.4, -0.2) is 6.54 Å². The first-order chi connectivity index (χ1) is 8.29. The molecule has 1 N–H and O–H groups in total. The van der Waals surface area contributed by atoms with Crippen LogP contribution in [0.4, 0.5) is 0 Å². The SMILES string of the molecule is CCNC(Cc1ccoc1)c1ccc(I)cc1. The zero-order valence-corrected chi connectivity index (χ0v) is 12.0. The van der Waals surface area contributed by atoms with Crippen molar-refractivity contribution in [3.8, 4) is 0 Å². The highest BCUT2D eigenvalue weighted by Gasteiger charge is 2.11. The summed E-state index contributed by atoms with van der Waals surface area (Å²) in [5, 5.41) is 3.51. The van der Waals surface area contributed by atoms with Gasteiger partial charge in [0.15, 0.2) is 0 Å². The van der Waals surface area contributed by atoms with Crippen molar-refractivity contribution in [2.24, 2.45) is 0 Å². The Morgan fingerprint density at radius 1 is 1.24 bits per heavy atom. The highest BCUT2D eigenvalue weighted by molar-refractivity contribution is 14.1. The number of likely N-dealkylation sites (N-methyl/N-ethyl adjacent to an activating group) is 1. The van der Waals surface area contributed by atoms with Crippen LogP contribution in [0.2, 0.25) is 0 Å². The third-order valence-electron chi connectivity index (χ3n) is 2.74. The van der Waals surface area contributed by atoms with Crippen LogP contribution in [0.25, 0.3) is 0 Å². The maximum atomic E-state index is 5.12. The van der Waals surface area contributed by atoms with E-state index in [9.17, 15) is 0 Å². The molecule has 1 aromatic carbocycles. The number of furan rings is 1. The van der Waals surface area contributed by atoms with E-state index in [0.29, 0.717) is 6.04 Å². The minimum absolute atomic E-state index is 0.356. The van der Waals surface area contributed by atoms with Crippen LogP contribution >= 0.6 is 22.6 Å². The summed E-state index contributed by atoms with van der Waals surface area (Å²) < 4.78 is 6.39. The van der Waals surface area contributed by atoms with Crippen LogP contribution in [0.15, 0.2) is 47.3 Å². The molecule has 0 aliphatic rings. The number of hydrogen-bond donors (Lipinski definition) is 1. The van der Waals surface area contributed by atoms with E-state index in [1.54, 1.807) is 6.26 Å². The second-order valence-electron chi connectivity index (χ2n) is 4.00. The van der Waals surface area contributed by atoms with Crippen LogP contribution in [0, 0.1) is 3.57 Å². The van der Waals surface area contributed by atoms with E-state index < -0.39 is 0 Å². The van der Waals surface area contributed by atoms with Crippen molar-refractivity contribution in [1.82, 2.24) is 5.32 Å². The summed E-state index contributed by atoms with van der Waals surface area (Å²) in [6.07, 6.45) is 4.51. The predicted molar refractivity (Wildman–Crippen MR) is 78.0 cm³/mol. The molecule has 2 rings (SSSR count). The highest BCUT2D eigenvalue weighted by Crippen LogP contribution is 2.19. The zero-order valence-electron chi connectivity index (χ0n) is 9.82. The third-order valence-corrected chi connectivity index (χ3v) is 3.46. The average Bonchev–Trinajstić information content (AvgIpc) is 2.82. The summed E-state index contributed by atoms with van der Waals surface area (Å²) in [4.78, 5) is 0. The Labute approximate surface area is 116 Å². The lowest BCUT2D eigenvalue weighted by Gasteiger charge is -2.17. The molecule has 1 atom stereocenters. The van der Waals surface area contributed by atoms with Gasteiger partial charge in [0, 0.05) is 9.61 Å². The summed E-state index contributed by atoms with van der Waals surface area (Å²) in [7, 11) is 0. The largest absolute Gasteiger partial charge is 0.472 e. The lowest BCUT2D eigenvalue weighted by atomic mass is 10.0. The number of hydrogen-bond acceptors (Lipinski definition) is 2. The molecule has 0 amide bonds. The molecule has 1 heterocycles. The molecule has 0 aliphatic carbocycles. The van der Waals surface area contributed by atoms with Crippen molar-refractivity contribution in [3.63, 3.8) is 0 Å². The Hall–Kier alpha value is -0.810. The van der Waals surface area contributed by atoms with E-state index >= 15 is 0 Å². The lowest BCUT2D eigenvalue weighted by molar-refractivity contribution is 0.535. The molecule has 0 radical (unpaired) electrons. The van der Waals surface area contributed by atoms with E-state index in [0.717, 1.165) is 13.0 Å². The second kappa shape index (κ2) is 6.21. The van der Waals surface area contributed by atoms with E-state index in [1.165, 1.54) is 14.7 Å². The topological polar surface area (TPSA) is 25.2 Å². The monoisotopic (exact) mass is 341 g/mol. The fourth-order valence-electron chi connectivity index (χ4n) is 1.89. The fraction of sp³-hybridized carbons (Fsp3) is 0.286. The lowest BCUT2D eigenvalue weighted by Crippen LogP contribution is -2.22. The van der Waals surface area contributed by atoms with Crippen molar-refractivity contribution in [2.75, 3.05) is 6.54 Å². The Balaban J connectivity index is 2.13. The number of benzene rings is 1. The third kappa shape index (κ3) is 3.57. The summed E-state index contributed by atoms with van der Waals surface area (Å²) in [5.74, 6) is 0. The van der Waals surface area contributed by atoms with Gasteiger partial charge < -0.3 is 9.73 Å². The molecule has 3 heteroatoms. The first-order valence-corrected chi connectivity index (χ1v) is 6.87. The summed E-state index contributed by atoms with van der Waals surface area (Å²) in [6, 6.07) is 11.1. The van der Waals surface area contributed by atoms with Crippen LogP contribution in [0.1, 0.15) is 24.1 Å². The van der Waals surface area contributed by atoms with E-state index in [-0.39, 0.29) is 0 Å². The van der Waals surface area contributed by atoms with Crippen LogP contribution < -0.4 is 5.32 Å². The van der Waals surface area contributed by atoms with Gasteiger partial charge in [-0.2, -0.15) is 0 Å². The maximum Gasteiger partial charge on any atom is 0.0935 e. The van der Waals surface area contributed by atoms with Crippen molar-refractivity contribution >= 4 is 22.6 Å². The minimum atomic E-state index is 0.356. The molecule has 2 aromatic rings.